The van der Waals surface area contributed by atoms with Gasteiger partial charge in [0, 0.05) is 6.54 Å². The number of hydrogen-bond acceptors (Lipinski definition) is 3. The van der Waals surface area contributed by atoms with E-state index in [2.05, 4.69) is 4.98 Å². The predicted molar refractivity (Wildman–Crippen MR) is 77.4 cm³/mol. The molecule has 0 saturated heterocycles. The van der Waals surface area contributed by atoms with Crippen LogP contribution < -0.4 is 10.6 Å². The number of nitrogen functional groups attached to an aromatic ring is 1. The third-order valence-electron chi connectivity index (χ3n) is 2.84. The Hall–Kier alpha value is -2.14. The van der Waals surface area contributed by atoms with Crippen LogP contribution in [0.1, 0.15) is 17.3 Å². The molecule has 1 aromatic carbocycles. The number of nitrogens with zero attached hydrogens (tertiary/aromatic N) is 2. The summed E-state index contributed by atoms with van der Waals surface area (Å²) in [6.07, 6.45) is 1.31. The first-order valence-electron chi connectivity index (χ1n) is 6.02. The number of carbonyl (C=O) groups excluding carboxylic acids is 1. The minimum absolute atomic E-state index is 0.159. The summed E-state index contributed by atoms with van der Waals surface area (Å²) in [4.78, 5) is 17.6. The zero-order valence-corrected chi connectivity index (χ0v) is 11.6. The molecule has 20 heavy (non-hydrogen) atoms. The molecule has 0 aliphatic heterocycles. The highest BCUT2D eigenvalue weighted by molar-refractivity contribution is 6.30. The Balaban J connectivity index is 2.45. The number of hydrogen-bond donors (Lipinski definition) is 1. The molecule has 0 radical (unpaired) electrons. The fraction of sp³-hybridized carbons (Fsp3) is 0.143. The van der Waals surface area contributed by atoms with E-state index in [0.29, 0.717) is 6.54 Å². The van der Waals surface area contributed by atoms with Crippen molar-refractivity contribution in [2.24, 2.45) is 0 Å². The van der Waals surface area contributed by atoms with Gasteiger partial charge in [0.25, 0.3) is 5.91 Å². The summed E-state index contributed by atoms with van der Waals surface area (Å²) in [7, 11) is 0. The molecule has 6 heteroatoms. The van der Waals surface area contributed by atoms with Gasteiger partial charge in [0.05, 0.1) is 23.1 Å². The number of amides is 1. The van der Waals surface area contributed by atoms with Crippen molar-refractivity contribution >= 4 is 28.9 Å². The maximum atomic E-state index is 13.8. The Morgan fingerprint density at radius 2 is 2.15 bits per heavy atom. The smallest absolute Gasteiger partial charge is 0.260 e. The van der Waals surface area contributed by atoms with Crippen molar-refractivity contribution in [3.05, 3.63) is 53.1 Å². The van der Waals surface area contributed by atoms with E-state index in [1.165, 1.54) is 29.3 Å². The zero-order chi connectivity index (χ0) is 14.7. The van der Waals surface area contributed by atoms with Crippen molar-refractivity contribution in [3.63, 3.8) is 0 Å². The SMILES string of the molecule is CCN(C(=O)c1cc(Cl)ncc1N)c1ccccc1F. The molecular formula is C14H13ClFN3O. The van der Waals surface area contributed by atoms with Gasteiger partial charge in [0.2, 0.25) is 0 Å². The fourth-order valence-corrected chi connectivity index (χ4v) is 2.02. The highest BCUT2D eigenvalue weighted by Gasteiger charge is 2.21. The number of para-hydroxylation sites is 1. The average molecular weight is 294 g/mol. The van der Waals surface area contributed by atoms with Crippen LogP contribution in [0.3, 0.4) is 0 Å². The number of pyridine rings is 1. The van der Waals surface area contributed by atoms with Gasteiger partial charge in [-0.2, -0.15) is 0 Å². The quantitative estimate of drug-likeness (QED) is 0.885. The molecule has 0 bridgehead atoms. The van der Waals surface area contributed by atoms with Crippen LogP contribution in [0.25, 0.3) is 0 Å². The normalized spacial score (nSPS) is 10.3. The molecule has 1 heterocycles. The second-order valence-electron chi connectivity index (χ2n) is 4.10. The molecule has 0 aliphatic carbocycles. The molecule has 0 fully saturated rings. The molecule has 0 atom stereocenters. The van der Waals surface area contributed by atoms with E-state index in [4.69, 9.17) is 17.3 Å². The van der Waals surface area contributed by atoms with Crippen LogP contribution in [0, 0.1) is 5.82 Å². The maximum absolute atomic E-state index is 13.8. The molecule has 0 aliphatic rings. The molecule has 2 N–H and O–H groups in total. The third-order valence-corrected chi connectivity index (χ3v) is 3.04. The molecular weight excluding hydrogens is 281 g/mol. The van der Waals surface area contributed by atoms with Crippen LogP contribution in [-0.4, -0.2) is 17.4 Å². The second-order valence-corrected chi connectivity index (χ2v) is 4.48. The highest BCUT2D eigenvalue weighted by atomic mass is 35.5. The number of aromatic nitrogens is 1. The average Bonchev–Trinajstić information content (AvgIpc) is 2.44. The molecule has 0 unspecified atom stereocenters. The Morgan fingerprint density at radius 1 is 1.45 bits per heavy atom. The first-order valence-corrected chi connectivity index (χ1v) is 6.39. The summed E-state index contributed by atoms with van der Waals surface area (Å²) < 4.78 is 13.8. The Kier molecular flexibility index (Phi) is 4.20. The van der Waals surface area contributed by atoms with Crippen molar-refractivity contribution in [3.8, 4) is 0 Å². The van der Waals surface area contributed by atoms with Crippen LogP contribution >= 0.6 is 11.6 Å². The monoisotopic (exact) mass is 293 g/mol. The van der Waals surface area contributed by atoms with Gasteiger partial charge in [-0.05, 0) is 25.1 Å². The van der Waals surface area contributed by atoms with Crippen molar-refractivity contribution < 1.29 is 9.18 Å². The lowest BCUT2D eigenvalue weighted by Crippen LogP contribution is -2.32. The lowest BCUT2D eigenvalue weighted by molar-refractivity contribution is 0.0988. The second kappa shape index (κ2) is 5.88. The number of benzene rings is 1. The topological polar surface area (TPSA) is 59.2 Å². The minimum Gasteiger partial charge on any atom is -0.397 e. The van der Waals surface area contributed by atoms with Crippen LogP contribution in [0.4, 0.5) is 15.8 Å². The van der Waals surface area contributed by atoms with Crippen molar-refractivity contribution in [1.82, 2.24) is 4.98 Å². The van der Waals surface area contributed by atoms with Gasteiger partial charge in [-0.1, -0.05) is 23.7 Å². The molecule has 1 aromatic heterocycles. The van der Waals surface area contributed by atoms with Crippen molar-refractivity contribution in [2.75, 3.05) is 17.2 Å². The standard InChI is InChI=1S/C14H13ClFN3O/c1-2-19(12-6-4-3-5-10(12)16)14(20)9-7-13(15)18-8-11(9)17/h3-8H,2,17H2,1H3. The van der Waals surface area contributed by atoms with E-state index >= 15 is 0 Å². The molecule has 1 amide bonds. The molecule has 2 rings (SSSR count). The van der Waals surface area contributed by atoms with E-state index in [0.717, 1.165) is 0 Å². The molecule has 104 valence electrons. The van der Waals surface area contributed by atoms with Gasteiger partial charge in [0.1, 0.15) is 11.0 Å². The van der Waals surface area contributed by atoms with E-state index in [9.17, 15) is 9.18 Å². The summed E-state index contributed by atoms with van der Waals surface area (Å²) in [5.41, 5.74) is 6.34. The lowest BCUT2D eigenvalue weighted by Gasteiger charge is -2.22. The molecule has 2 aromatic rings. The number of carbonyl (C=O) groups is 1. The van der Waals surface area contributed by atoms with E-state index in [-0.39, 0.29) is 22.1 Å². The number of halogens is 2. The Morgan fingerprint density at radius 3 is 2.80 bits per heavy atom. The summed E-state index contributed by atoms with van der Waals surface area (Å²) in [5.74, 6) is -0.888. The maximum Gasteiger partial charge on any atom is 0.260 e. The highest BCUT2D eigenvalue weighted by Crippen LogP contribution is 2.23. The van der Waals surface area contributed by atoms with E-state index in [1.54, 1.807) is 19.1 Å². The predicted octanol–water partition coefficient (Wildman–Crippen LogP) is 3.12. The van der Waals surface area contributed by atoms with Gasteiger partial charge in [-0.25, -0.2) is 9.37 Å². The fourth-order valence-electron chi connectivity index (χ4n) is 1.87. The summed E-state index contributed by atoms with van der Waals surface area (Å²) >= 11 is 5.77. The largest absolute Gasteiger partial charge is 0.397 e. The minimum atomic E-state index is -0.471. The summed E-state index contributed by atoms with van der Waals surface area (Å²) in [5, 5.41) is 0.159. The summed E-state index contributed by atoms with van der Waals surface area (Å²) in [6.45, 7) is 2.06. The van der Waals surface area contributed by atoms with E-state index in [1.807, 2.05) is 0 Å². The van der Waals surface area contributed by atoms with Gasteiger partial charge in [-0.3, -0.25) is 4.79 Å². The van der Waals surface area contributed by atoms with Crippen LogP contribution in [0.15, 0.2) is 36.5 Å². The van der Waals surface area contributed by atoms with Gasteiger partial charge < -0.3 is 10.6 Å². The molecule has 0 saturated carbocycles. The van der Waals surface area contributed by atoms with Crippen molar-refractivity contribution in [2.45, 2.75) is 6.92 Å². The number of rotatable bonds is 3. The van der Waals surface area contributed by atoms with Crippen LogP contribution in [0.2, 0.25) is 5.15 Å². The van der Waals surface area contributed by atoms with Gasteiger partial charge in [-0.15, -0.1) is 0 Å². The first-order chi connectivity index (χ1) is 9.54. The van der Waals surface area contributed by atoms with E-state index < -0.39 is 11.7 Å². The summed E-state index contributed by atoms with van der Waals surface area (Å²) in [6, 6.07) is 7.44. The van der Waals surface area contributed by atoms with Gasteiger partial charge in [0.15, 0.2) is 0 Å². The first kappa shape index (κ1) is 14.3. The number of anilines is 2. The van der Waals surface area contributed by atoms with Crippen LogP contribution in [-0.2, 0) is 0 Å². The van der Waals surface area contributed by atoms with Crippen LogP contribution in [0.5, 0.6) is 0 Å². The van der Waals surface area contributed by atoms with Crippen molar-refractivity contribution in [1.29, 1.82) is 0 Å². The zero-order valence-electron chi connectivity index (χ0n) is 10.8. The Bertz CT molecular complexity index is 648. The lowest BCUT2D eigenvalue weighted by atomic mass is 10.1. The number of nitrogens with two attached hydrogens (primary N) is 1. The molecule has 4 nitrogen and oxygen atoms in total. The third kappa shape index (κ3) is 2.72. The Labute approximate surface area is 121 Å². The molecule has 0 spiro atoms. The van der Waals surface area contributed by atoms with Gasteiger partial charge >= 0.3 is 0 Å².